The maximum Gasteiger partial charge on any atom is 0.254 e. The average Bonchev–Trinajstić information content (AvgIpc) is 3.35. The van der Waals surface area contributed by atoms with Gasteiger partial charge in [-0.2, -0.15) is 15.4 Å². The smallest absolute Gasteiger partial charge is 0.254 e. The molecular weight excluding hydrogens is 480 g/mol. The van der Waals surface area contributed by atoms with Gasteiger partial charge >= 0.3 is 0 Å². The lowest BCUT2D eigenvalue weighted by atomic mass is 10.1. The van der Waals surface area contributed by atoms with E-state index in [1.165, 1.54) is 17.0 Å². The molecule has 2 heterocycles. The fourth-order valence-electron chi connectivity index (χ4n) is 3.86. The van der Waals surface area contributed by atoms with Crippen molar-refractivity contribution in [2.24, 2.45) is 0 Å². The van der Waals surface area contributed by atoms with Crippen molar-refractivity contribution in [2.45, 2.75) is 45.1 Å². The van der Waals surface area contributed by atoms with Crippen LogP contribution in [0, 0.1) is 0 Å². The number of carbonyl (C=O) groups excluding carboxylic acids is 2. The van der Waals surface area contributed by atoms with Crippen LogP contribution < -0.4 is 10.9 Å². The summed E-state index contributed by atoms with van der Waals surface area (Å²) in [4.78, 5) is 41.3. The molecule has 1 amide bonds. The third-order valence-electron chi connectivity index (χ3n) is 5.86. The highest BCUT2D eigenvalue weighted by molar-refractivity contribution is 6.30. The lowest BCUT2D eigenvalue weighted by Gasteiger charge is -2.07. The molecule has 10 heteroatoms. The number of carbonyl (C=O) groups is 2. The van der Waals surface area contributed by atoms with Crippen LogP contribution in [0.1, 0.15) is 48.9 Å². The lowest BCUT2D eigenvalue weighted by molar-refractivity contribution is -0.119. The number of amides is 1. The Morgan fingerprint density at radius 3 is 2.47 bits per heavy atom. The van der Waals surface area contributed by atoms with E-state index in [2.05, 4.69) is 25.7 Å². The van der Waals surface area contributed by atoms with Gasteiger partial charge in [-0.15, -0.1) is 0 Å². The number of aromatic nitrogens is 5. The zero-order valence-corrected chi connectivity index (χ0v) is 20.5. The summed E-state index contributed by atoms with van der Waals surface area (Å²) in [6.07, 6.45) is 6.35. The molecule has 4 aromatic rings. The van der Waals surface area contributed by atoms with E-state index < -0.39 is 0 Å². The summed E-state index contributed by atoms with van der Waals surface area (Å²) >= 11 is 5.90. The van der Waals surface area contributed by atoms with Crippen LogP contribution in [0.25, 0.3) is 22.3 Å². The van der Waals surface area contributed by atoms with Crippen molar-refractivity contribution in [3.63, 3.8) is 0 Å². The van der Waals surface area contributed by atoms with E-state index in [1.807, 2.05) is 0 Å². The Morgan fingerprint density at radius 2 is 1.67 bits per heavy atom. The van der Waals surface area contributed by atoms with Gasteiger partial charge in [-0.05, 0) is 43.2 Å². The maximum atomic E-state index is 12.4. The van der Waals surface area contributed by atoms with Crippen molar-refractivity contribution in [3.05, 3.63) is 75.8 Å². The Labute approximate surface area is 212 Å². The van der Waals surface area contributed by atoms with Crippen molar-refractivity contribution in [1.29, 1.82) is 0 Å². The number of Topliss-reactive ketones (excluding diaryl/α,β-unsaturated/α-hetero) is 1. The van der Waals surface area contributed by atoms with Gasteiger partial charge in [0.25, 0.3) is 11.5 Å². The van der Waals surface area contributed by atoms with Crippen molar-refractivity contribution in [3.8, 4) is 11.3 Å². The standard InChI is InChI=1S/C26H27ClN6O3/c27-20-10-7-18(8-11-20)23-15-25(35)33(17-29-23)16-21(34)6-4-2-1-3-5-13-28-26(36)19-9-12-22-24(14-19)31-32-30-22/h7-12,14-15,17H,1-6,13,16H2,(H,28,36)(H,30,31,32). The van der Waals surface area contributed by atoms with Crippen LogP contribution in [0.2, 0.25) is 5.02 Å². The van der Waals surface area contributed by atoms with Crippen LogP contribution in [-0.4, -0.2) is 43.2 Å². The average molecular weight is 507 g/mol. The van der Waals surface area contributed by atoms with Gasteiger partial charge in [0, 0.05) is 35.2 Å². The largest absolute Gasteiger partial charge is 0.352 e. The van der Waals surface area contributed by atoms with Crippen LogP contribution in [-0.2, 0) is 11.3 Å². The zero-order chi connectivity index (χ0) is 25.3. The summed E-state index contributed by atoms with van der Waals surface area (Å²) in [6, 6.07) is 13.7. The lowest BCUT2D eigenvalue weighted by Crippen LogP contribution is -2.24. The van der Waals surface area contributed by atoms with Gasteiger partial charge in [-0.3, -0.25) is 19.0 Å². The van der Waals surface area contributed by atoms with Gasteiger partial charge in [0.2, 0.25) is 0 Å². The number of hydrogen-bond donors (Lipinski definition) is 2. The molecular formula is C26H27ClN6O3. The molecule has 2 aromatic carbocycles. The molecule has 2 aromatic heterocycles. The molecule has 0 aliphatic heterocycles. The molecule has 9 nitrogen and oxygen atoms in total. The van der Waals surface area contributed by atoms with E-state index in [-0.39, 0.29) is 23.8 Å². The second-order valence-corrected chi connectivity index (χ2v) is 9.02. The molecule has 0 atom stereocenters. The number of H-pyrrole nitrogens is 1. The molecule has 0 unspecified atom stereocenters. The minimum Gasteiger partial charge on any atom is -0.352 e. The predicted octanol–water partition coefficient (Wildman–Crippen LogP) is 4.17. The Morgan fingerprint density at radius 1 is 0.917 bits per heavy atom. The molecule has 0 aliphatic rings. The number of nitrogens with zero attached hydrogens (tertiary/aromatic N) is 4. The first kappa shape index (κ1) is 25.2. The number of hydrogen-bond acceptors (Lipinski definition) is 6. The van der Waals surface area contributed by atoms with E-state index in [9.17, 15) is 14.4 Å². The Bertz CT molecular complexity index is 1400. The molecule has 0 radical (unpaired) electrons. The summed E-state index contributed by atoms with van der Waals surface area (Å²) in [5.74, 6) is -0.120. The van der Waals surface area contributed by atoms with E-state index in [0.29, 0.717) is 34.8 Å². The highest BCUT2D eigenvalue weighted by atomic mass is 35.5. The third kappa shape index (κ3) is 6.85. The first-order chi connectivity index (χ1) is 17.5. The summed E-state index contributed by atoms with van der Waals surface area (Å²) < 4.78 is 1.34. The number of unbranched alkanes of at least 4 members (excludes halogenated alkanes) is 4. The number of fused-ring (bicyclic) bond motifs is 1. The topological polar surface area (TPSA) is 123 Å². The number of rotatable bonds is 12. The Kier molecular flexibility index (Phi) is 8.57. The molecule has 0 spiro atoms. The molecule has 0 saturated carbocycles. The van der Waals surface area contributed by atoms with E-state index in [0.717, 1.165) is 43.2 Å². The second kappa shape index (κ2) is 12.2. The normalized spacial score (nSPS) is 11.0. The quantitative estimate of drug-likeness (QED) is 0.278. The fourth-order valence-corrected chi connectivity index (χ4v) is 3.98. The molecule has 0 aliphatic carbocycles. The predicted molar refractivity (Wildman–Crippen MR) is 138 cm³/mol. The SMILES string of the molecule is O=C(CCCCCCCNC(=O)c1ccc2n[nH]nc2c1)Cn1cnc(-c2ccc(Cl)cc2)cc1=O. The monoisotopic (exact) mass is 506 g/mol. The van der Waals surface area contributed by atoms with Crippen molar-refractivity contribution in [1.82, 2.24) is 30.3 Å². The van der Waals surface area contributed by atoms with E-state index in [4.69, 9.17) is 11.6 Å². The summed E-state index contributed by atoms with van der Waals surface area (Å²) in [7, 11) is 0. The Balaban J connectivity index is 1.10. The highest BCUT2D eigenvalue weighted by Gasteiger charge is 2.09. The summed E-state index contributed by atoms with van der Waals surface area (Å²) in [6.45, 7) is 0.620. The third-order valence-corrected chi connectivity index (χ3v) is 6.11. The molecule has 0 saturated heterocycles. The van der Waals surface area contributed by atoms with Gasteiger partial charge in [-0.25, -0.2) is 4.98 Å². The van der Waals surface area contributed by atoms with E-state index >= 15 is 0 Å². The van der Waals surface area contributed by atoms with Gasteiger partial charge in [0.15, 0.2) is 5.78 Å². The van der Waals surface area contributed by atoms with Gasteiger partial charge in [0.1, 0.15) is 11.0 Å². The fraction of sp³-hybridized carbons (Fsp3) is 0.308. The number of ketones is 1. The first-order valence-electron chi connectivity index (χ1n) is 11.9. The molecule has 4 rings (SSSR count). The second-order valence-electron chi connectivity index (χ2n) is 8.59. The van der Waals surface area contributed by atoms with Crippen LogP contribution in [0.15, 0.2) is 59.7 Å². The number of aromatic amines is 1. The van der Waals surface area contributed by atoms with Gasteiger partial charge < -0.3 is 5.32 Å². The number of halogens is 1. The van der Waals surface area contributed by atoms with Crippen LogP contribution >= 0.6 is 11.6 Å². The molecule has 2 N–H and O–H groups in total. The molecule has 0 bridgehead atoms. The van der Waals surface area contributed by atoms with Gasteiger partial charge in [-0.1, -0.05) is 43.0 Å². The first-order valence-corrected chi connectivity index (χ1v) is 12.3. The maximum absolute atomic E-state index is 12.4. The number of nitrogens with one attached hydrogen (secondary N) is 2. The Hall–Kier alpha value is -3.85. The van der Waals surface area contributed by atoms with Crippen LogP contribution in [0.5, 0.6) is 0 Å². The molecule has 0 fully saturated rings. The van der Waals surface area contributed by atoms with E-state index in [1.54, 1.807) is 42.5 Å². The van der Waals surface area contributed by atoms with Crippen molar-refractivity contribution >= 4 is 34.3 Å². The summed E-state index contributed by atoms with van der Waals surface area (Å²) in [5, 5.41) is 14.0. The van der Waals surface area contributed by atoms with Crippen molar-refractivity contribution < 1.29 is 9.59 Å². The minimum absolute atomic E-state index is 0.00878. The van der Waals surface area contributed by atoms with Crippen molar-refractivity contribution in [2.75, 3.05) is 6.54 Å². The zero-order valence-electron chi connectivity index (χ0n) is 19.7. The highest BCUT2D eigenvalue weighted by Crippen LogP contribution is 2.18. The summed E-state index contributed by atoms with van der Waals surface area (Å²) in [5.41, 5.74) is 3.03. The molecule has 186 valence electrons. The minimum atomic E-state index is -0.258. The van der Waals surface area contributed by atoms with Gasteiger partial charge in [0.05, 0.1) is 18.6 Å². The molecule has 36 heavy (non-hydrogen) atoms. The van der Waals surface area contributed by atoms with Crippen LogP contribution in [0.3, 0.4) is 0 Å². The van der Waals surface area contributed by atoms with Crippen LogP contribution in [0.4, 0.5) is 0 Å². The number of benzene rings is 2.